The van der Waals surface area contributed by atoms with Gasteiger partial charge in [0.15, 0.2) is 11.5 Å². The van der Waals surface area contributed by atoms with Crippen molar-refractivity contribution in [2.24, 2.45) is 0 Å². The summed E-state index contributed by atoms with van der Waals surface area (Å²) in [5, 5.41) is 10.3. The fraction of sp³-hybridized carbons (Fsp3) is 0.429. The monoisotopic (exact) mass is 276 g/mol. The topological polar surface area (TPSA) is 72.1 Å². The van der Waals surface area contributed by atoms with Crippen molar-refractivity contribution in [3.05, 3.63) is 35.9 Å². The Balaban J connectivity index is 2.33. The maximum absolute atomic E-state index is 5.35. The van der Waals surface area contributed by atoms with E-state index in [1.807, 2.05) is 18.2 Å². The van der Waals surface area contributed by atoms with Gasteiger partial charge in [0.25, 0.3) is 0 Å². The zero-order valence-electron chi connectivity index (χ0n) is 12.0. The van der Waals surface area contributed by atoms with Gasteiger partial charge in [0.2, 0.25) is 0 Å². The van der Waals surface area contributed by atoms with Gasteiger partial charge in [-0.05, 0) is 30.7 Å². The van der Waals surface area contributed by atoms with Crippen LogP contribution in [0.5, 0.6) is 11.5 Å². The molecule has 0 spiro atoms. The number of rotatable bonds is 7. The van der Waals surface area contributed by atoms with Crippen LogP contribution in [0.3, 0.4) is 0 Å². The van der Waals surface area contributed by atoms with Crippen molar-refractivity contribution in [3.63, 3.8) is 0 Å². The Hall–Kier alpha value is -2.08. The lowest BCUT2D eigenvalue weighted by molar-refractivity contribution is 0.354. The van der Waals surface area contributed by atoms with Crippen LogP contribution in [-0.4, -0.2) is 35.9 Å². The van der Waals surface area contributed by atoms with E-state index >= 15 is 0 Å². The third-order valence-electron chi connectivity index (χ3n) is 3.05. The Bertz CT molecular complexity index is 528. The fourth-order valence-corrected chi connectivity index (χ4v) is 2.05. The highest BCUT2D eigenvalue weighted by Crippen LogP contribution is 2.31. The largest absolute Gasteiger partial charge is 0.493 e. The number of hydrogen-bond donors (Lipinski definition) is 2. The van der Waals surface area contributed by atoms with Crippen LogP contribution in [-0.2, 0) is 0 Å². The van der Waals surface area contributed by atoms with Crippen molar-refractivity contribution in [1.29, 1.82) is 0 Å². The van der Waals surface area contributed by atoms with E-state index in [-0.39, 0.29) is 6.04 Å². The molecule has 0 saturated heterocycles. The SMILES string of the molecule is CCCNC(c1ccc(OC)c(OC)c1)c1ncn[nH]1. The molecule has 2 N–H and O–H groups in total. The summed E-state index contributed by atoms with van der Waals surface area (Å²) in [6, 6.07) is 5.80. The second kappa shape index (κ2) is 6.91. The molecule has 1 aromatic heterocycles. The van der Waals surface area contributed by atoms with Gasteiger partial charge in [-0.25, -0.2) is 4.98 Å². The van der Waals surface area contributed by atoms with Crippen LogP contribution in [0, 0.1) is 0 Å². The van der Waals surface area contributed by atoms with Crippen LogP contribution in [0.4, 0.5) is 0 Å². The number of aromatic nitrogens is 3. The highest BCUT2D eigenvalue weighted by atomic mass is 16.5. The van der Waals surface area contributed by atoms with Crippen LogP contribution >= 0.6 is 0 Å². The molecule has 0 saturated carbocycles. The summed E-state index contributed by atoms with van der Waals surface area (Å²) in [5.74, 6) is 2.20. The molecule has 2 rings (SSSR count). The molecular formula is C14H20N4O2. The molecule has 20 heavy (non-hydrogen) atoms. The van der Waals surface area contributed by atoms with Crippen molar-refractivity contribution >= 4 is 0 Å². The molecule has 0 amide bonds. The van der Waals surface area contributed by atoms with Gasteiger partial charge in [-0.3, -0.25) is 5.10 Å². The Morgan fingerprint density at radius 3 is 2.65 bits per heavy atom. The van der Waals surface area contributed by atoms with Gasteiger partial charge in [-0.2, -0.15) is 5.10 Å². The second-order valence-electron chi connectivity index (χ2n) is 4.37. The highest BCUT2D eigenvalue weighted by Gasteiger charge is 2.18. The Morgan fingerprint density at radius 2 is 2.05 bits per heavy atom. The third-order valence-corrected chi connectivity index (χ3v) is 3.05. The van der Waals surface area contributed by atoms with Gasteiger partial charge in [0.05, 0.1) is 20.3 Å². The van der Waals surface area contributed by atoms with Gasteiger partial charge in [0.1, 0.15) is 12.2 Å². The van der Waals surface area contributed by atoms with E-state index < -0.39 is 0 Å². The summed E-state index contributed by atoms with van der Waals surface area (Å²) in [6.45, 7) is 3.01. The van der Waals surface area contributed by atoms with E-state index in [1.165, 1.54) is 6.33 Å². The van der Waals surface area contributed by atoms with Gasteiger partial charge in [-0.1, -0.05) is 13.0 Å². The summed E-state index contributed by atoms with van der Waals surface area (Å²) < 4.78 is 10.6. The molecule has 6 nitrogen and oxygen atoms in total. The second-order valence-corrected chi connectivity index (χ2v) is 4.37. The Morgan fingerprint density at radius 1 is 1.25 bits per heavy atom. The summed E-state index contributed by atoms with van der Waals surface area (Å²) in [6.07, 6.45) is 2.55. The smallest absolute Gasteiger partial charge is 0.161 e. The lowest BCUT2D eigenvalue weighted by Crippen LogP contribution is -2.24. The molecule has 0 bridgehead atoms. The minimum Gasteiger partial charge on any atom is -0.493 e. The van der Waals surface area contributed by atoms with Crippen molar-refractivity contribution in [2.75, 3.05) is 20.8 Å². The summed E-state index contributed by atoms with van der Waals surface area (Å²) in [4.78, 5) is 4.24. The molecule has 108 valence electrons. The van der Waals surface area contributed by atoms with Crippen LogP contribution in [0.1, 0.15) is 30.8 Å². The van der Waals surface area contributed by atoms with E-state index in [4.69, 9.17) is 9.47 Å². The van der Waals surface area contributed by atoms with Crippen LogP contribution < -0.4 is 14.8 Å². The Labute approximate surface area is 118 Å². The zero-order valence-corrected chi connectivity index (χ0v) is 12.0. The number of nitrogens with zero attached hydrogens (tertiary/aromatic N) is 2. The minimum atomic E-state index is -0.0442. The summed E-state index contributed by atoms with van der Waals surface area (Å²) >= 11 is 0. The first kappa shape index (κ1) is 14.3. The molecule has 1 unspecified atom stereocenters. The third kappa shape index (κ3) is 3.08. The Kier molecular flexibility index (Phi) is 4.95. The maximum Gasteiger partial charge on any atom is 0.161 e. The average molecular weight is 276 g/mol. The number of nitrogens with one attached hydrogen (secondary N) is 2. The normalized spacial score (nSPS) is 12.2. The predicted molar refractivity (Wildman–Crippen MR) is 76.1 cm³/mol. The number of benzene rings is 1. The molecule has 1 aromatic carbocycles. The molecule has 1 atom stereocenters. The molecule has 0 aliphatic carbocycles. The van der Waals surface area contributed by atoms with E-state index in [0.717, 1.165) is 24.4 Å². The summed E-state index contributed by atoms with van der Waals surface area (Å²) in [7, 11) is 3.26. The van der Waals surface area contributed by atoms with Gasteiger partial charge in [-0.15, -0.1) is 0 Å². The molecule has 0 aliphatic heterocycles. The lowest BCUT2D eigenvalue weighted by atomic mass is 10.1. The molecular weight excluding hydrogens is 256 g/mol. The molecule has 2 aromatic rings. The summed E-state index contributed by atoms with van der Waals surface area (Å²) in [5.41, 5.74) is 1.05. The van der Waals surface area contributed by atoms with Crippen LogP contribution in [0.25, 0.3) is 0 Å². The standard InChI is InChI=1S/C14H20N4O2/c1-4-7-15-13(14-16-9-17-18-14)10-5-6-11(19-2)12(8-10)20-3/h5-6,8-9,13,15H,4,7H2,1-3H3,(H,16,17,18). The van der Waals surface area contributed by atoms with E-state index in [0.29, 0.717) is 11.5 Å². The molecule has 6 heteroatoms. The minimum absolute atomic E-state index is 0.0442. The number of ether oxygens (including phenoxy) is 2. The van der Waals surface area contributed by atoms with Crippen molar-refractivity contribution < 1.29 is 9.47 Å². The number of aromatic amines is 1. The van der Waals surface area contributed by atoms with Crippen molar-refractivity contribution in [3.8, 4) is 11.5 Å². The van der Waals surface area contributed by atoms with E-state index in [1.54, 1.807) is 14.2 Å². The zero-order chi connectivity index (χ0) is 14.4. The molecule has 0 aliphatic rings. The lowest BCUT2D eigenvalue weighted by Gasteiger charge is -2.18. The fourth-order valence-electron chi connectivity index (χ4n) is 2.05. The number of hydrogen-bond acceptors (Lipinski definition) is 5. The van der Waals surface area contributed by atoms with Crippen LogP contribution in [0.15, 0.2) is 24.5 Å². The van der Waals surface area contributed by atoms with Crippen molar-refractivity contribution in [2.45, 2.75) is 19.4 Å². The molecule has 0 radical (unpaired) electrons. The highest BCUT2D eigenvalue weighted by molar-refractivity contribution is 5.44. The number of H-pyrrole nitrogens is 1. The molecule has 1 heterocycles. The predicted octanol–water partition coefficient (Wildman–Crippen LogP) is 1.91. The van der Waals surface area contributed by atoms with Gasteiger partial charge in [0, 0.05) is 0 Å². The molecule has 0 fully saturated rings. The maximum atomic E-state index is 5.35. The van der Waals surface area contributed by atoms with Gasteiger partial charge >= 0.3 is 0 Å². The number of methoxy groups -OCH3 is 2. The van der Waals surface area contributed by atoms with Crippen LogP contribution in [0.2, 0.25) is 0 Å². The van der Waals surface area contributed by atoms with E-state index in [2.05, 4.69) is 27.4 Å². The average Bonchev–Trinajstić information content (AvgIpc) is 3.01. The quantitative estimate of drug-likeness (QED) is 0.808. The first-order chi connectivity index (χ1) is 9.80. The van der Waals surface area contributed by atoms with Gasteiger partial charge < -0.3 is 14.8 Å². The first-order valence-electron chi connectivity index (χ1n) is 6.60. The van der Waals surface area contributed by atoms with Crippen molar-refractivity contribution in [1.82, 2.24) is 20.5 Å². The van der Waals surface area contributed by atoms with E-state index in [9.17, 15) is 0 Å². The first-order valence-corrected chi connectivity index (χ1v) is 6.60.